The van der Waals surface area contributed by atoms with E-state index >= 15 is 0 Å². The van der Waals surface area contributed by atoms with E-state index in [0.29, 0.717) is 35.8 Å². The second-order valence-corrected chi connectivity index (χ2v) is 7.47. The molecular formula is C24H25FN4O3. The number of allylic oxidation sites excluding steroid dienone is 1. The van der Waals surface area contributed by atoms with Crippen LogP contribution < -0.4 is 10.1 Å². The van der Waals surface area contributed by atoms with E-state index < -0.39 is 6.04 Å². The van der Waals surface area contributed by atoms with Crippen molar-refractivity contribution in [2.75, 3.05) is 13.2 Å². The highest BCUT2D eigenvalue weighted by atomic mass is 19.1. The molecule has 0 bridgehead atoms. The fourth-order valence-electron chi connectivity index (χ4n) is 3.80. The van der Waals surface area contributed by atoms with Gasteiger partial charge in [0.15, 0.2) is 0 Å². The van der Waals surface area contributed by atoms with Gasteiger partial charge in [-0.15, -0.1) is 0 Å². The molecule has 0 radical (unpaired) electrons. The number of urea groups is 1. The fraction of sp³-hybridized carbons (Fsp3) is 0.292. The average molecular weight is 436 g/mol. The van der Waals surface area contributed by atoms with Crippen LogP contribution in [0.15, 0.2) is 58.8 Å². The third-order valence-electron chi connectivity index (χ3n) is 5.31. The van der Waals surface area contributed by atoms with E-state index in [2.05, 4.69) is 15.5 Å². The highest BCUT2D eigenvalue weighted by Crippen LogP contribution is 2.37. The fourth-order valence-corrected chi connectivity index (χ4v) is 3.80. The summed E-state index contributed by atoms with van der Waals surface area (Å²) in [6, 6.07) is 12.7. The van der Waals surface area contributed by atoms with Crippen molar-refractivity contribution >= 4 is 11.6 Å². The van der Waals surface area contributed by atoms with Gasteiger partial charge < -0.3 is 14.6 Å². The predicted octanol–water partition coefficient (Wildman–Crippen LogP) is 5.18. The Balaban J connectivity index is 1.76. The molecule has 1 aromatic heterocycles. The van der Waals surface area contributed by atoms with E-state index in [1.54, 1.807) is 17.0 Å². The number of benzene rings is 2. The molecule has 166 valence electrons. The number of halogens is 1. The van der Waals surface area contributed by atoms with Gasteiger partial charge in [0.25, 0.3) is 5.89 Å². The molecule has 1 aliphatic rings. The lowest BCUT2D eigenvalue weighted by Gasteiger charge is -2.35. The standard InChI is InChI=1S/C24H25FN4O3/c1-4-13-29-15(3)20(21(26-24(29)30)17-7-6-8-18(25)14-17)23-27-22(28-32-23)16-9-11-19(12-10-16)31-5-2/h6-12,14,21H,4-5,13H2,1-3H3,(H,26,30). The van der Waals surface area contributed by atoms with Crippen molar-refractivity contribution in [1.82, 2.24) is 20.4 Å². The minimum Gasteiger partial charge on any atom is -0.494 e. The summed E-state index contributed by atoms with van der Waals surface area (Å²) in [6.07, 6.45) is 0.782. The second-order valence-electron chi connectivity index (χ2n) is 7.47. The third kappa shape index (κ3) is 4.21. The first-order valence-electron chi connectivity index (χ1n) is 10.6. The highest BCUT2D eigenvalue weighted by Gasteiger charge is 2.35. The molecule has 0 aliphatic carbocycles. The Morgan fingerprint density at radius 1 is 1.19 bits per heavy atom. The van der Waals surface area contributed by atoms with Gasteiger partial charge in [-0.2, -0.15) is 4.98 Å². The monoisotopic (exact) mass is 436 g/mol. The van der Waals surface area contributed by atoms with Crippen LogP contribution in [0.5, 0.6) is 5.75 Å². The van der Waals surface area contributed by atoms with Crippen molar-refractivity contribution in [3.8, 4) is 17.1 Å². The topological polar surface area (TPSA) is 80.5 Å². The summed E-state index contributed by atoms with van der Waals surface area (Å²) in [7, 11) is 0. The van der Waals surface area contributed by atoms with Gasteiger partial charge in [0, 0.05) is 17.8 Å². The zero-order valence-corrected chi connectivity index (χ0v) is 18.3. The largest absolute Gasteiger partial charge is 0.494 e. The first-order valence-corrected chi connectivity index (χ1v) is 10.6. The molecule has 0 fully saturated rings. The summed E-state index contributed by atoms with van der Waals surface area (Å²) in [5.41, 5.74) is 2.72. The lowest BCUT2D eigenvalue weighted by Crippen LogP contribution is -2.46. The molecule has 8 heteroatoms. The molecule has 1 aliphatic heterocycles. The number of nitrogens with zero attached hydrogens (tertiary/aromatic N) is 3. The molecule has 0 saturated carbocycles. The Labute approximate surface area is 185 Å². The molecule has 4 rings (SSSR count). The molecule has 7 nitrogen and oxygen atoms in total. The maximum absolute atomic E-state index is 14.0. The van der Waals surface area contributed by atoms with Crippen LogP contribution in [0, 0.1) is 5.82 Å². The minimum atomic E-state index is -0.611. The Bertz CT molecular complexity index is 1140. The third-order valence-corrected chi connectivity index (χ3v) is 5.31. The Hall–Kier alpha value is -3.68. The van der Waals surface area contributed by atoms with Gasteiger partial charge in [-0.25, -0.2) is 9.18 Å². The summed E-state index contributed by atoms with van der Waals surface area (Å²) in [5, 5.41) is 7.10. The van der Waals surface area contributed by atoms with Gasteiger partial charge in [0.1, 0.15) is 11.6 Å². The van der Waals surface area contributed by atoms with Crippen LogP contribution in [0.25, 0.3) is 17.0 Å². The van der Waals surface area contributed by atoms with Crippen LogP contribution in [0.1, 0.15) is 44.7 Å². The zero-order chi connectivity index (χ0) is 22.7. The van der Waals surface area contributed by atoms with Gasteiger partial charge in [0.05, 0.1) is 18.2 Å². The number of nitrogens with one attached hydrogen (secondary N) is 1. The molecule has 1 N–H and O–H groups in total. The number of hydrogen-bond donors (Lipinski definition) is 1. The van der Waals surface area contributed by atoms with Crippen molar-refractivity contribution in [3.05, 3.63) is 71.5 Å². The van der Waals surface area contributed by atoms with Crippen LogP contribution in [0.4, 0.5) is 9.18 Å². The van der Waals surface area contributed by atoms with Crippen molar-refractivity contribution < 1.29 is 18.4 Å². The smallest absolute Gasteiger partial charge is 0.322 e. The van der Waals surface area contributed by atoms with E-state index in [4.69, 9.17) is 9.26 Å². The summed E-state index contributed by atoms with van der Waals surface area (Å²) >= 11 is 0. The van der Waals surface area contributed by atoms with E-state index in [9.17, 15) is 9.18 Å². The second kappa shape index (κ2) is 9.21. The van der Waals surface area contributed by atoms with E-state index in [1.807, 2.05) is 45.0 Å². The van der Waals surface area contributed by atoms with Gasteiger partial charge >= 0.3 is 6.03 Å². The quantitative estimate of drug-likeness (QED) is 0.552. The van der Waals surface area contributed by atoms with Crippen LogP contribution in [0.2, 0.25) is 0 Å². The van der Waals surface area contributed by atoms with Crippen molar-refractivity contribution in [2.24, 2.45) is 0 Å². The van der Waals surface area contributed by atoms with Crippen LogP contribution in [-0.4, -0.2) is 34.2 Å². The number of carbonyl (C=O) groups is 1. The maximum Gasteiger partial charge on any atom is 0.322 e. The minimum absolute atomic E-state index is 0.242. The molecule has 0 saturated heterocycles. The van der Waals surface area contributed by atoms with Crippen molar-refractivity contribution in [1.29, 1.82) is 0 Å². The Morgan fingerprint density at radius 3 is 2.66 bits per heavy atom. The van der Waals surface area contributed by atoms with Crippen LogP contribution in [-0.2, 0) is 0 Å². The van der Waals surface area contributed by atoms with E-state index in [0.717, 1.165) is 17.7 Å². The van der Waals surface area contributed by atoms with Gasteiger partial charge in [-0.05, 0) is 62.2 Å². The van der Waals surface area contributed by atoms with E-state index in [1.165, 1.54) is 12.1 Å². The van der Waals surface area contributed by atoms with Gasteiger partial charge in [0.2, 0.25) is 5.82 Å². The first kappa shape index (κ1) is 21.5. The Morgan fingerprint density at radius 2 is 1.97 bits per heavy atom. The van der Waals surface area contributed by atoms with E-state index in [-0.39, 0.29) is 17.7 Å². The molecule has 2 heterocycles. The SMILES string of the molecule is CCCN1C(=O)NC(c2cccc(F)c2)C(c2nc(-c3ccc(OCC)cc3)no2)=C1C. The molecule has 32 heavy (non-hydrogen) atoms. The number of rotatable bonds is 7. The van der Waals surface area contributed by atoms with Crippen LogP contribution >= 0.6 is 0 Å². The van der Waals surface area contributed by atoms with Gasteiger partial charge in [-0.3, -0.25) is 4.90 Å². The normalized spacial score (nSPS) is 16.3. The van der Waals surface area contributed by atoms with Crippen molar-refractivity contribution in [3.63, 3.8) is 0 Å². The molecule has 2 aromatic carbocycles. The molecule has 3 aromatic rings. The van der Waals surface area contributed by atoms with Crippen molar-refractivity contribution in [2.45, 2.75) is 33.2 Å². The first-order chi connectivity index (χ1) is 15.5. The van der Waals surface area contributed by atoms with Gasteiger partial charge in [-0.1, -0.05) is 24.2 Å². The maximum atomic E-state index is 14.0. The highest BCUT2D eigenvalue weighted by molar-refractivity contribution is 5.86. The number of carbonyl (C=O) groups excluding carboxylic acids is 1. The predicted molar refractivity (Wildman–Crippen MR) is 118 cm³/mol. The molecule has 1 unspecified atom stereocenters. The molecule has 2 amide bonds. The molecule has 0 spiro atoms. The summed E-state index contributed by atoms with van der Waals surface area (Å²) < 4.78 is 25.1. The number of aromatic nitrogens is 2. The number of amides is 2. The van der Waals surface area contributed by atoms with Crippen LogP contribution in [0.3, 0.4) is 0 Å². The lowest BCUT2D eigenvalue weighted by atomic mass is 9.94. The number of ether oxygens (including phenoxy) is 1. The average Bonchev–Trinajstić information content (AvgIpc) is 3.26. The summed E-state index contributed by atoms with van der Waals surface area (Å²) in [5.74, 6) is 1.07. The Kier molecular flexibility index (Phi) is 6.20. The molecular weight excluding hydrogens is 411 g/mol. The number of hydrogen-bond acceptors (Lipinski definition) is 5. The summed E-state index contributed by atoms with van der Waals surface area (Å²) in [4.78, 5) is 19.0. The molecule has 1 atom stereocenters. The lowest BCUT2D eigenvalue weighted by molar-refractivity contribution is 0.205. The summed E-state index contributed by atoms with van der Waals surface area (Å²) in [6.45, 7) is 6.89. The zero-order valence-electron chi connectivity index (χ0n) is 18.3.